The summed E-state index contributed by atoms with van der Waals surface area (Å²) < 4.78 is 15.5. The molecule has 0 heterocycles. The average molecular weight is 372 g/mol. The van der Waals surface area contributed by atoms with E-state index in [1.807, 2.05) is 24.3 Å². The van der Waals surface area contributed by atoms with Gasteiger partial charge in [0.1, 0.15) is 12.3 Å². The monoisotopic (exact) mass is 372 g/mol. The summed E-state index contributed by atoms with van der Waals surface area (Å²) in [5, 5.41) is 2.77. The summed E-state index contributed by atoms with van der Waals surface area (Å²) in [5.41, 5.74) is 1.47. The minimum Gasteiger partial charge on any atom is -0.497 e. The van der Waals surface area contributed by atoms with Crippen molar-refractivity contribution >= 4 is 17.5 Å². The first-order chi connectivity index (χ1) is 13.0. The number of carbonyl (C=O) groups excluding carboxylic acids is 2. The van der Waals surface area contributed by atoms with Crippen molar-refractivity contribution in [1.82, 2.24) is 4.90 Å². The second-order valence-corrected chi connectivity index (χ2v) is 5.84. The molecule has 0 saturated heterocycles. The van der Waals surface area contributed by atoms with E-state index < -0.39 is 0 Å². The maximum Gasteiger partial charge on any atom is 0.244 e. The van der Waals surface area contributed by atoms with Gasteiger partial charge in [-0.2, -0.15) is 0 Å². The first kappa shape index (κ1) is 20.1. The smallest absolute Gasteiger partial charge is 0.244 e. The molecule has 0 atom stereocenters. The molecule has 0 spiro atoms. The number of nitrogens with one attached hydrogen (secondary N) is 1. The molecule has 1 N–H and O–H groups in total. The number of carbonyl (C=O) groups is 2. The molecule has 2 rings (SSSR count). The topological polar surface area (TPSA) is 77.1 Å². The van der Waals surface area contributed by atoms with E-state index in [1.165, 1.54) is 18.9 Å². The number of ether oxygens (including phenoxy) is 3. The lowest BCUT2D eigenvalue weighted by Gasteiger charge is -2.21. The molecule has 2 aromatic carbocycles. The highest BCUT2D eigenvalue weighted by molar-refractivity contribution is 5.94. The van der Waals surface area contributed by atoms with Crippen LogP contribution in [0.4, 0.5) is 5.69 Å². The molecule has 7 heteroatoms. The molecule has 27 heavy (non-hydrogen) atoms. The van der Waals surface area contributed by atoms with Gasteiger partial charge in [-0.1, -0.05) is 12.1 Å². The molecule has 0 aliphatic carbocycles. The summed E-state index contributed by atoms with van der Waals surface area (Å²) >= 11 is 0. The van der Waals surface area contributed by atoms with E-state index in [1.54, 1.807) is 32.4 Å². The van der Waals surface area contributed by atoms with Gasteiger partial charge in [-0.25, -0.2) is 0 Å². The fourth-order valence-corrected chi connectivity index (χ4v) is 2.52. The second kappa shape index (κ2) is 9.47. The summed E-state index contributed by atoms with van der Waals surface area (Å²) in [6.45, 7) is 1.71. The van der Waals surface area contributed by atoms with Crippen molar-refractivity contribution in [2.75, 3.05) is 33.2 Å². The predicted octanol–water partition coefficient (Wildman–Crippen LogP) is 2.70. The number of hydrogen-bond acceptors (Lipinski definition) is 5. The van der Waals surface area contributed by atoms with Crippen LogP contribution in [0.3, 0.4) is 0 Å². The largest absolute Gasteiger partial charge is 0.497 e. The summed E-state index contributed by atoms with van der Waals surface area (Å²) in [6, 6.07) is 12.4. The van der Waals surface area contributed by atoms with Crippen LogP contribution >= 0.6 is 0 Å². The normalized spacial score (nSPS) is 10.1. The van der Waals surface area contributed by atoms with Crippen molar-refractivity contribution in [1.29, 1.82) is 0 Å². The lowest BCUT2D eigenvalue weighted by Crippen LogP contribution is -2.36. The number of hydrogen-bond donors (Lipinski definition) is 1. The molecule has 0 aromatic heterocycles. The van der Waals surface area contributed by atoms with Crippen LogP contribution < -0.4 is 19.5 Å². The quantitative estimate of drug-likeness (QED) is 0.771. The molecule has 2 amide bonds. The first-order valence-electron chi connectivity index (χ1n) is 8.37. The Morgan fingerprint density at radius 1 is 0.926 bits per heavy atom. The van der Waals surface area contributed by atoms with Gasteiger partial charge < -0.3 is 24.4 Å². The van der Waals surface area contributed by atoms with E-state index in [9.17, 15) is 9.59 Å². The molecule has 0 aliphatic rings. The zero-order valence-corrected chi connectivity index (χ0v) is 15.9. The van der Waals surface area contributed by atoms with E-state index in [-0.39, 0.29) is 18.4 Å². The van der Waals surface area contributed by atoms with Crippen LogP contribution in [0.15, 0.2) is 42.5 Å². The van der Waals surface area contributed by atoms with Crippen molar-refractivity contribution < 1.29 is 23.8 Å². The Bertz CT molecular complexity index is 789. The number of anilines is 1. The molecule has 0 aliphatic heterocycles. The van der Waals surface area contributed by atoms with E-state index >= 15 is 0 Å². The number of methoxy groups -OCH3 is 3. The molecule has 0 unspecified atom stereocenters. The average Bonchev–Trinajstić information content (AvgIpc) is 2.67. The molecule has 0 saturated carbocycles. The zero-order valence-electron chi connectivity index (χ0n) is 15.9. The molecule has 144 valence electrons. The standard InChI is InChI=1S/C20H24N2O5/c1-14(23)22(12-15-5-8-17(25-2)9-6-15)13-20(24)21-16-7-10-18(26-3)19(11-16)27-4/h5-11H,12-13H2,1-4H3,(H,21,24). The molecule has 0 radical (unpaired) electrons. The number of amides is 2. The van der Waals surface area contributed by atoms with E-state index in [4.69, 9.17) is 14.2 Å². The number of benzene rings is 2. The van der Waals surface area contributed by atoms with E-state index in [0.29, 0.717) is 23.7 Å². The first-order valence-corrected chi connectivity index (χ1v) is 8.37. The third kappa shape index (κ3) is 5.64. The van der Waals surface area contributed by atoms with E-state index in [2.05, 4.69) is 5.32 Å². The van der Waals surface area contributed by atoms with Crippen LogP contribution in [0.1, 0.15) is 12.5 Å². The fourth-order valence-electron chi connectivity index (χ4n) is 2.52. The van der Waals surface area contributed by atoms with Gasteiger partial charge in [0.25, 0.3) is 0 Å². The summed E-state index contributed by atoms with van der Waals surface area (Å²) in [5.74, 6) is 1.33. The van der Waals surface area contributed by atoms with Crippen LogP contribution in [-0.4, -0.2) is 44.6 Å². The highest BCUT2D eigenvalue weighted by Gasteiger charge is 2.15. The fraction of sp³-hybridized carbons (Fsp3) is 0.300. The Balaban J connectivity index is 2.03. The van der Waals surface area contributed by atoms with Gasteiger partial charge in [0.2, 0.25) is 11.8 Å². The Morgan fingerprint density at radius 2 is 1.59 bits per heavy atom. The van der Waals surface area contributed by atoms with Crippen molar-refractivity contribution in [3.8, 4) is 17.2 Å². The van der Waals surface area contributed by atoms with Crippen molar-refractivity contribution in [3.05, 3.63) is 48.0 Å². The minimum absolute atomic E-state index is 0.0598. The third-order valence-electron chi connectivity index (χ3n) is 3.98. The van der Waals surface area contributed by atoms with Crippen LogP contribution in [0.2, 0.25) is 0 Å². The lowest BCUT2D eigenvalue weighted by molar-refractivity contribution is -0.133. The van der Waals surface area contributed by atoms with Crippen LogP contribution in [0.5, 0.6) is 17.2 Å². The zero-order chi connectivity index (χ0) is 19.8. The SMILES string of the molecule is COc1ccc(CN(CC(=O)Nc2ccc(OC)c(OC)c2)C(C)=O)cc1. The van der Waals surface area contributed by atoms with Gasteiger partial charge in [0.05, 0.1) is 21.3 Å². The second-order valence-electron chi connectivity index (χ2n) is 5.84. The van der Waals surface area contributed by atoms with Gasteiger partial charge in [0, 0.05) is 25.2 Å². The summed E-state index contributed by atoms with van der Waals surface area (Å²) in [4.78, 5) is 25.8. The molecule has 2 aromatic rings. The third-order valence-corrected chi connectivity index (χ3v) is 3.98. The van der Waals surface area contributed by atoms with Gasteiger partial charge in [-0.05, 0) is 29.8 Å². The Hall–Kier alpha value is -3.22. The highest BCUT2D eigenvalue weighted by Crippen LogP contribution is 2.29. The number of nitrogens with zero attached hydrogens (tertiary/aromatic N) is 1. The maximum absolute atomic E-state index is 12.4. The van der Waals surface area contributed by atoms with Gasteiger partial charge in [-0.15, -0.1) is 0 Å². The molecular formula is C20H24N2O5. The Labute approximate surface area is 158 Å². The number of rotatable bonds is 8. The molecule has 0 bridgehead atoms. The van der Waals surface area contributed by atoms with Crippen molar-refractivity contribution in [2.24, 2.45) is 0 Å². The van der Waals surface area contributed by atoms with Gasteiger partial charge >= 0.3 is 0 Å². The summed E-state index contributed by atoms with van der Waals surface area (Å²) in [6.07, 6.45) is 0. The van der Waals surface area contributed by atoms with Gasteiger partial charge in [-0.3, -0.25) is 9.59 Å². The highest BCUT2D eigenvalue weighted by atomic mass is 16.5. The van der Waals surface area contributed by atoms with Gasteiger partial charge in [0.15, 0.2) is 11.5 Å². The minimum atomic E-state index is -0.300. The molecular weight excluding hydrogens is 348 g/mol. The van der Waals surface area contributed by atoms with Crippen LogP contribution in [0, 0.1) is 0 Å². The molecule has 0 fully saturated rings. The van der Waals surface area contributed by atoms with Crippen LogP contribution in [0.25, 0.3) is 0 Å². The summed E-state index contributed by atoms with van der Waals surface area (Å²) in [7, 11) is 4.66. The van der Waals surface area contributed by atoms with Crippen LogP contribution in [-0.2, 0) is 16.1 Å². The van der Waals surface area contributed by atoms with E-state index in [0.717, 1.165) is 11.3 Å². The Morgan fingerprint density at radius 3 is 2.15 bits per heavy atom. The maximum atomic E-state index is 12.4. The van der Waals surface area contributed by atoms with Crippen molar-refractivity contribution in [2.45, 2.75) is 13.5 Å². The predicted molar refractivity (Wildman–Crippen MR) is 102 cm³/mol. The molecule has 7 nitrogen and oxygen atoms in total. The van der Waals surface area contributed by atoms with Crippen molar-refractivity contribution in [3.63, 3.8) is 0 Å². The lowest BCUT2D eigenvalue weighted by atomic mass is 10.2. The Kier molecular flexibility index (Phi) is 7.05.